The Kier molecular flexibility index (Phi) is 4.05. The zero-order valence-corrected chi connectivity index (χ0v) is 11.9. The van der Waals surface area contributed by atoms with E-state index in [1.54, 1.807) is 29.5 Å². The first-order valence-corrected chi connectivity index (χ1v) is 6.94. The number of hydrogen-bond donors (Lipinski definition) is 1. The molecule has 1 atom stereocenters. The quantitative estimate of drug-likeness (QED) is 0.888. The van der Waals surface area contributed by atoms with Gasteiger partial charge in [0.15, 0.2) is 0 Å². The summed E-state index contributed by atoms with van der Waals surface area (Å²) in [4.78, 5) is 2.34. The van der Waals surface area contributed by atoms with E-state index in [-0.39, 0.29) is 16.9 Å². The normalized spacial score (nSPS) is 12.7. The largest absolute Gasteiger partial charge is 0.323 e. The van der Waals surface area contributed by atoms with Crippen LogP contribution in [0.25, 0.3) is 0 Å². The molecule has 1 heterocycles. The summed E-state index contributed by atoms with van der Waals surface area (Å²) in [5.74, 6) is -0.361. The molecule has 0 amide bonds. The summed E-state index contributed by atoms with van der Waals surface area (Å²) in [6.45, 7) is 4.12. The highest BCUT2D eigenvalue weighted by atomic mass is 35.5. The topological polar surface area (TPSA) is 26.0 Å². The maximum atomic E-state index is 13.8. The first-order valence-electron chi connectivity index (χ1n) is 5.74. The first kappa shape index (κ1) is 13.5. The molecule has 0 saturated heterocycles. The molecule has 1 unspecified atom stereocenters. The molecule has 1 aromatic heterocycles. The van der Waals surface area contributed by atoms with E-state index in [1.807, 2.05) is 0 Å². The van der Waals surface area contributed by atoms with Crippen molar-refractivity contribution in [3.05, 3.63) is 56.0 Å². The summed E-state index contributed by atoms with van der Waals surface area (Å²) in [5.41, 5.74) is 7.93. The molecule has 2 rings (SSSR count). The van der Waals surface area contributed by atoms with Crippen LogP contribution in [0, 0.1) is 19.7 Å². The second-order valence-electron chi connectivity index (χ2n) is 4.41. The number of thiophene rings is 1. The van der Waals surface area contributed by atoms with E-state index >= 15 is 0 Å². The Morgan fingerprint density at radius 2 is 2.11 bits per heavy atom. The maximum Gasteiger partial charge on any atom is 0.145 e. The van der Waals surface area contributed by atoms with Crippen LogP contribution >= 0.6 is 22.9 Å². The number of hydrogen-bond acceptors (Lipinski definition) is 2. The Morgan fingerprint density at radius 1 is 1.39 bits per heavy atom. The van der Waals surface area contributed by atoms with Gasteiger partial charge >= 0.3 is 0 Å². The van der Waals surface area contributed by atoms with Crippen LogP contribution in [0.1, 0.15) is 26.9 Å². The molecule has 1 aromatic carbocycles. The maximum absolute atomic E-state index is 13.8. The number of nitrogens with two attached hydrogens (primary N) is 1. The van der Waals surface area contributed by atoms with Gasteiger partial charge in [0.2, 0.25) is 0 Å². The molecule has 2 aromatic rings. The third kappa shape index (κ3) is 2.74. The lowest BCUT2D eigenvalue weighted by atomic mass is 10.0. The highest BCUT2D eigenvalue weighted by Gasteiger charge is 2.14. The number of halogens is 2. The minimum absolute atomic E-state index is 0.151. The Morgan fingerprint density at radius 3 is 2.72 bits per heavy atom. The smallest absolute Gasteiger partial charge is 0.145 e. The lowest BCUT2D eigenvalue weighted by molar-refractivity contribution is 0.595. The van der Waals surface area contributed by atoms with Crippen molar-refractivity contribution in [3.8, 4) is 0 Å². The van der Waals surface area contributed by atoms with Crippen molar-refractivity contribution in [3.63, 3.8) is 0 Å². The van der Waals surface area contributed by atoms with Crippen molar-refractivity contribution in [2.75, 3.05) is 0 Å². The molecular weight excluding hydrogens is 269 g/mol. The lowest BCUT2D eigenvalue weighted by Gasteiger charge is -2.11. The Hall–Kier alpha value is -0.900. The SMILES string of the molecule is Cc1cc(C(N)Cc2cccc(Cl)c2F)sc1C. The molecule has 0 fully saturated rings. The summed E-state index contributed by atoms with van der Waals surface area (Å²) >= 11 is 7.43. The molecule has 0 bridgehead atoms. The Labute approximate surface area is 115 Å². The second kappa shape index (κ2) is 5.39. The van der Waals surface area contributed by atoms with E-state index in [1.165, 1.54) is 10.4 Å². The fourth-order valence-corrected chi connectivity index (χ4v) is 3.07. The van der Waals surface area contributed by atoms with Gasteiger partial charge in [-0.2, -0.15) is 0 Å². The monoisotopic (exact) mass is 283 g/mol. The Bertz CT molecular complexity index is 545. The van der Waals surface area contributed by atoms with E-state index in [4.69, 9.17) is 17.3 Å². The van der Waals surface area contributed by atoms with Gasteiger partial charge in [-0.15, -0.1) is 11.3 Å². The molecule has 0 aliphatic carbocycles. The second-order valence-corrected chi connectivity index (χ2v) is 6.11. The van der Waals surface area contributed by atoms with Gasteiger partial charge in [0.05, 0.1) is 5.02 Å². The van der Waals surface area contributed by atoms with Gasteiger partial charge in [-0.25, -0.2) is 4.39 Å². The first-order chi connectivity index (χ1) is 8.49. The van der Waals surface area contributed by atoms with Crippen molar-refractivity contribution >= 4 is 22.9 Å². The molecule has 4 heteroatoms. The Balaban J connectivity index is 2.21. The fraction of sp³-hybridized carbons (Fsp3) is 0.286. The van der Waals surface area contributed by atoms with E-state index < -0.39 is 0 Å². The summed E-state index contributed by atoms with van der Waals surface area (Å²) in [6.07, 6.45) is 0.464. The minimum atomic E-state index is -0.361. The van der Waals surface area contributed by atoms with E-state index in [0.717, 1.165) is 4.88 Å². The van der Waals surface area contributed by atoms with Crippen LogP contribution in [-0.4, -0.2) is 0 Å². The number of aryl methyl sites for hydroxylation is 2. The van der Waals surface area contributed by atoms with E-state index in [2.05, 4.69) is 19.9 Å². The van der Waals surface area contributed by atoms with Gasteiger partial charge in [-0.1, -0.05) is 23.7 Å². The standard InChI is InChI=1S/C14H15ClFNS/c1-8-6-13(18-9(8)2)12(17)7-10-4-3-5-11(15)14(10)16/h3-6,12H,7,17H2,1-2H3. The third-order valence-electron chi connectivity index (χ3n) is 3.02. The summed E-state index contributed by atoms with van der Waals surface area (Å²) in [5, 5.41) is 0.151. The van der Waals surface area contributed by atoms with Crippen LogP contribution in [0.2, 0.25) is 5.02 Å². The predicted octanol–water partition coefficient (Wildman–Crippen LogP) is 4.40. The van der Waals surface area contributed by atoms with Crippen molar-refractivity contribution in [1.29, 1.82) is 0 Å². The highest BCUT2D eigenvalue weighted by Crippen LogP contribution is 2.28. The number of benzene rings is 1. The van der Waals surface area contributed by atoms with Crippen LogP contribution < -0.4 is 5.73 Å². The minimum Gasteiger partial charge on any atom is -0.323 e. The molecular formula is C14H15ClFNS. The van der Waals surface area contributed by atoms with Crippen molar-refractivity contribution in [2.45, 2.75) is 26.3 Å². The van der Waals surface area contributed by atoms with Gasteiger partial charge in [0.25, 0.3) is 0 Å². The van der Waals surface area contributed by atoms with Gasteiger partial charge in [0.1, 0.15) is 5.82 Å². The molecule has 0 aliphatic rings. The predicted molar refractivity (Wildman–Crippen MR) is 75.8 cm³/mol. The van der Waals surface area contributed by atoms with Crippen LogP contribution in [0.4, 0.5) is 4.39 Å². The van der Waals surface area contributed by atoms with Crippen LogP contribution in [0.3, 0.4) is 0 Å². The molecule has 1 nitrogen and oxygen atoms in total. The summed E-state index contributed by atoms with van der Waals surface area (Å²) < 4.78 is 13.8. The molecule has 18 heavy (non-hydrogen) atoms. The summed E-state index contributed by atoms with van der Waals surface area (Å²) in [6, 6.07) is 6.92. The van der Waals surface area contributed by atoms with Crippen LogP contribution in [0.5, 0.6) is 0 Å². The van der Waals surface area contributed by atoms with Gasteiger partial charge in [0, 0.05) is 15.8 Å². The average molecular weight is 284 g/mol. The summed E-state index contributed by atoms with van der Waals surface area (Å²) in [7, 11) is 0. The van der Waals surface area contributed by atoms with Crippen molar-refractivity contribution < 1.29 is 4.39 Å². The zero-order valence-electron chi connectivity index (χ0n) is 10.3. The van der Waals surface area contributed by atoms with E-state index in [0.29, 0.717) is 12.0 Å². The fourth-order valence-electron chi connectivity index (χ4n) is 1.83. The van der Waals surface area contributed by atoms with Crippen molar-refractivity contribution in [2.24, 2.45) is 5.73 Å². The molecule has 0 saturated carbocycles. The molecule has 0 radical (unpaired) electrons. The van der Waals surface area contributed by atoms with E-state index in [9.17, 15) is 4.39 Å². The van der Waals surface area contributed by atoms with Crippen molar-refractivity contribution in [1.82, 2.24) is 0 Å². The third-order valence-corrected chi connectivity index (χ3v) is 4.60. The van der Waals surface area contributed by atoms with Crippen LogP contribution in [0.15, 0.2) is 24.3 Å². The van der Waals surface area contributed by atoms with Gasteiger partial charge in [-0.3, -0.25) is 0 Å². The average Bonchev–Trinajstić information content (AvgIpc) is 2.66. The van der Waals surface area contributed by atoms with Gasteiger partial charge in [-0.05, 0) is 43.5 Å². The lowest BCUT2D eigenvalue weighted by Crippen LogP contribution is -2.12. The zero-order chi connectivity index (χ0) is 13.3. The number of rotatable bonds is 3. The molecule has 0 spiro atoms. The highest BCUT2D eigenvalue weighted by molar-refractivity contribution is 7.12. The molecule has 0 aliphatic heterocycles. The molecule has 96 valence electrons. The van der Waals surface area contributed by atoms with Crippen LogP contribution in [-0.2, 0) is 6.42 Å². The molecule has 2 N–H and O–H groups in total. The van der Waals surface area contributed by atoms with Gasteiger partial charge < -0.3 is 5.73 Å².